The molecule has 320 valence electrons. The number of benzene rings is 2. The zero-order valence-corrected chi connectivity index (χ0v) is 38.2. The van der Waals surface area contributed by atoms with E-state index in [1.54, 1.807) is 27.5 Å². The van der Waals surface area contributed by atoms with Crippen molar-refractivity contribution in [1.29, 1.82) is 0 Å². The van der Waals surface area contributed by atoms with E-state index in [-0.39, 0.29) is 6.04 Å². The number of nitrogens with one attached hydrogen (secondary N) is 2. The molecule has 1 fully saturated rings. The Labute approximate surface area is 363 Å². The first-order valence-corrected chi connectivity index (χ1v) is 24.0. The summed E-state index contributed by atoms with van der Waals surface area (Å²) >= 11 is 0. The van der Waals surface area contributed by atoms with Gasteiger partial charge >= 0.3 is 21.7 Å². The third-order valence-electron chi connectivity index (χ3n) is 9.75. The minimum absolute atomic E-state index is 0.173. The lowest BCUT2D eigenvalue weighted by Gasteiger charge is -2.28. The van der Waals surface area contributed by atoms with Crippen LogP contribution >= 0.6 is 15.6 Å². The first-order valence-electron chi connectivity index (χ1n) is 20.6. The number of carbonyl (C=O) groups is 1. The maximum absolute atomic E-state index is 12.8. The number of hydrogen-bond donors (Lipinski definition) is 2. The zero-order chi connectivity index (χ0) is 43.8. The Hall–Kier alpha value is -5.19. The number of nitrogens with zero attached hydrogens (tertiary/aromatic N) is 4. The van der Waals surface area contributed by atoms with Gasteiger partial charge in [0, 0.05) is 92.8 Å². The van der Waals surface area contributed by atoms with E-state index in [0.717, 1.165) is 97.1 Å². The van der Waals surface area contributed by atoms with Crippen LogP contribution in [-0.2, 0) is 27.0 Å². The molecule has 1 saturated heterocycles. The van der Waals surface area contributed by atoms with E-state index >= 15 is 0 Å². The fraction of sp³-hybridized carbons (Fsp3) is 0.426. The lowest BCUT2D eigenvalue weighted by molar-refractivity contribution is 0.0526. The lowest BCUT2D eigenvalue weighted by Crippen LogP contribution is -2.41. The van der Waals surface area contributed by atoms with Gasteiger partial charge in [0.15, 0.2) is 0 Å². The van der Waals surface area contributed by atoms with E-state index in [2.05, 4.69) is 44.1 Å². The topological polar surface area (TPSA) is 135 Å². The minimum Gasteiger partial charge on any atom is -0.497 e. The van der Waals surface area contributed by atoms with E-state index in [1.807, 2.05) is 93.6 Å². The van der Waals surface area contributed by atoms with Crippen molar-refractivity contribution in [2.75, 3.05) is 66.8 Å². The second-order valence-corrected chi connectivity index (χ2v) is 18.9. The van der Waals surface area contributed by atoms with Crippen molar-refractivity contribution in [1.82, 2.24) is 30.4 Å². The van der Waals surface area contributed by atoms with Gasteiger partial charge in [0.25, 0.3) is 10.9 Å². The van der Waals surface area contributed by atoms with Crippen LogP contribution < -0.4 is 31.0 Å². The molecule has 0 aliphatic carbocycles. The van der Waals surface area contributed by atoms with Gasteiger partial charge in [-0.2, -0.15) is 0 Å². The molecule has 0 saturated carbocycles. The Kier molecular flexibility index (Phi) is 17.8. The molecule has 3 atom stereocenters. The molecule has 1 amide bonds. The summed E-state index contributed by atoms with van der Waals surface area (Å²) in [6.45, 7) is 14.3. The number of amides is 1. The van der Waals surface area contributed by atoms with Crippen LogP contribution in [0.1, 0.15) is 73.7 Å². The normalized spacial score (nSPS) is 15.4. The number of alkyl carbamates (subject to hydrolysis) is 1. The van der Waals surface area contributed by atoms with Crippen LogP contribution in [-0.4, -0.2) is 104 Å². The second kappa shape index (κ2) is 23.1. The molecule has 5 rings (SSSR count). The molecule has 14 heteroatoms. The van der Waals surface area contributed by atoms with Crippen LogP contribution in [0.25, 0.3) is 0 Å². The van der Waals surface area contributed by atoms with Gasteiger partial charge in [0.1, 0.15) is 30.4 Å². The Bertz CT molecular complexity index is 2260. The predicted octanol–water partition coefficient (Wildman–Crippen LogP) is 6.43. The maximum Gasteiger partial charge on any atom is 0.407 e. The summed E-state index contributed by atoms with van der Waals surface area (Å²) in [6, 6.07) is 22.9. The molecule has 2 aromatic heterocycles. The van der Waals surface area contributed by atoms with Crippen LogP contribution in [0.15, 0.2) is 72.8 Å². The molecule has 1 aliphatic rings. The highest BCUT2D eigenvalue weighted by molar-refractivity contribution is 7.52. The molecule has 12 nitrogen and oxygen atoms in total. The summed E-state index contributed by atoms with van der Waals surface area (Å²) in [4.78, 5) is 26.6. The standard InChI is InChI=1S/C47H57N6O6P2/c1-47(2,3)59-46(54)49-23-9-8-10-39-32-53(34-41-29-38(31-45(51-41)61(7)56)14-12-36-17-21-43(58-5)22-18-36)27-26-52(25-24-48-39)33-40-28-37(30-44(50-40)60(6)55)13-11-35-15-19-42(57-4)20-16-35/h15-22,28-31,39,48H,8-10,23-27,32-34H2,1-7H3/q+1/p+1/t39-/m0/s1. The number of hydrogen-bond acceptors (Lipinski definition) is 11. The summed E-state index contributed by atoms with van der Waals surface area (Å²) in [6.07, 6.45) is 2.23. The lowest BCUT2D eigenvalue weighted by atomic mass is 10.1. The molecular weight excluding hydrogens is 807 g/mol. The smallest absolute Gasteiger partial charge is 0.407 e. The summed E-state index contributed by atoms with van der Waals surface area (Å²) in [5.41, 5.74) is 5.33. The van der Waals surface area contributed by atoms with E-state index < -0.39 is 27.3 Å². The number of aromatic nitrogens is 2. The Balaban J connectivity index is 1.35. The quantitative estimate of drug-likeness (QED) is 0.0876. The average molecular weight is 865 g/mol. The zero-order valence-electron chi connectivity index (χ0n) is 36.4. The number of carbonyl (C=O) groups excluding carboxylic acids is 1. The highest BCUT2D eigenvalue weighted by atomic mass is 31.1. The molecule has 0 bridgehead atoms. The Morgan fingerprint density at radius 3 is 1.72 bits per heavy atom. The number of unbranched alkanes of at least 4 members (excludes halogenated alkanes) is 1. The second-order valence-electron chi connectivity index (χ2n) is 15.9. The summed E-state index contributed by atoms with van der Waals surface area (Å²) in [5, 5.41) is 6.68. The third kappa shape index (κ3) is 16.3. The Morgan fingerprint density at radius 1 is 0.738 bits per heavy atom. The van der Waals surface area contributed by atoms with Gasteiger partial charge in [-0.3, -0.25) is 9.80 Å². The van der Waals surface area contributed by atoms with Crippen LogP contribution in [0.4, 0.5) is 4.79 Å². The monoisotopic (exact) mass is 864 g/mol. The van der Waals surface area contributed by atoms with Crippen LogP contribution in [0.2, 0.25) is 0 Å². The van der Waals surface area contributed by atoms with Crippen LogP contribution in [0, 0.1) is 23.7 Å². The number of pyridine rings is 2. The summed E-state index contributed by atoms with van der Waals surface area (Å²) in [5.74, 6) is 14.5. The van der Waals surface area contributed by atoms with Crippen molar-refractivity contribution in [2.24, 2.45) is 0 Å². The molecule has 2 aromatic carbocycles. The van der Waals surface area contributed by atoms with Gasteiger partial charge in [-0.25, -0.2) is 14.8 Å². The fourth-order valence-corrected chi connectivity index (χ4v) is 7.85. The fourth-order valence-electron chi connectivity index (χ4n) is 6.67. The largest absolute Gasteiger partial charge is 0.497 e. The van der Waals surface area contributed by atoms with E-state index in [0.29, 0.717) is 30.5 Å². The van der Waals surface area contributed by atoms with Crippen molar-refractivity contribution in [2.45, 2.75) is 64.8 Å². The molecular formula is C47H58N6O6P2+2. The van der Waals surface area contributed by atoms with Gasteiger partial charge in [-0.05, 0) is 94.3 Å². The molecule has 2 N–H and O–H groups in total. The minimum atomic E-state index is -1.70. The molecule has 4 aromatic rings. The highest BCUT2D eigenvalue weighted by Crippen LogP contribution is 2.19. The van der Waals surface area contributed by atoms with Crippen LogP contribution in [0.3, 0.4) is 0 Å². The van der Waals surface area contributed by atoms with Gasteiger partial charge in [-0.15, -0.1) is 0 Å². The van der Waals surface area contributed by atoms with Crippen molar-refractivity contribution in [3.05, 3.63) is 106 Å². The first kappa shape index (κ1) is 46.9. The molecule has 3 heterocycles. The SMILES string of the molecule is COc1ccc(C#Cc2cc(CN3CCN[C@@H](CCCCNC(=O)OC(C)(C)C)CN(Cc4cc(C#Cc5ccc(OC)cc5)cc([P+](C)=O)n4)CC3)nc([P+](C)=O)c2)cc1. The first-order chi connectivity index (χ1) is 29.2. The number of rotatable bonds is 13. The van der Waals surface area contributed by atoms with Gasteiger partial charge < -0.3 is 24.8 Å². The molecule has 0 spiro atoms. The van der Waals surface area contributed by atoms with E-state index in [4.69, 9.17) is 24.2 Å². The predicted molar refractivity (Wildman–Crippen MR) is 243 cm³/mol. The highest BCUT2D eigenvalue weighted by Gasteiger charge is 2.23. The average Bonchev–Trinajstić information content (AvgIpc) is 3.31. The third-order valence-corrected chi connectivity index (χ3v) is 11.5. The van der Waals surface area contributed by atoms with Crippen LogP contribution in [0.5, 0.6) is 11.5 Å². The van der Waals surface area contributed by atoms with Gasteiger partial charge in [0.2, 0.25) is 0 Å². The summed E-state index contributed by atoms with van der Waals surface area (Å²) < 4.78 is 41.6. The van der Waals surface area contributed by atoms with Gasteiger partial charge in [0.05, 0.1) is 25.6 Å². The van der Waals surface area contributed by atoms with Crippen molar-refractivity contribution in [3.8, 4) is 35.2 Å². The van der Waals surface area contributed by atoms with Crippen molar-refractivity contribution < 1.29 is 28.1 Å². The van der Waals surface area contributed by atoms with Gasteiger partial charge in [-0.1, -0.05) is 39.2 Å². The van der Waals surface area contributed by atoms with E-state index in [9.17, 15) is 13.9 Å². The maximum atomic E-state index is 12.8. The molecule has 1 aliphatic heterocycles. The molecule has 0 radical (unpaired) electrons. The van der Waals surface area contributed by atoms with Crippen molar-refractivity contribution in [3.63, 3.8) is 0 Å². The van der Waals surface area contributed by atoms with Crippen molar-refractivity contribution >= 4 is 32.6 Å². The number of methoxy groups -OCH3 is 2. The summed E-state index contributed by atoms with van der Waals surface area (Å²) in [7, 11) is -0.118. The molecule has 61 heavy (non-hydrogen) atoms. The Morgan fingerprint density at radius 2 is 1.23 bits per heavy atom. The molecule has 2 unspecified atom stereocenters. The van der Waals surface area contributed by atoms with E-state index in [1.165, 1.54) is 0 Å². The number of ether oxygens (including phenoxy) is 3.